The Balaban J connectivity index is 1.35. The molecule has 182 valence electrons. The van der Waals surface area contributed by atoms with Crippen LogP contribution in [0.15, 0.2) is 60.8 Å². The average molecular weight is 489 g/mol. The number of aliphatic carboxylic acids is 1. The highest BCUT2D eigenvalue weighted by Crippen LogP contribution is 2.46. The first-order chi connectivity index (χ1) is 16.6. The van der Waals surface area contributed by atoms with Crippen LogP contribution in [0.25, 0.3) is 11.1 Å². The third-order valence-electron chi connectivity index (χ3n) is 5.56. The second-order valence-corrected chi connectivity index (χ2v) is 8.11. The molecule has 0 unspecified atom stereocenters. The fourth-order valence-corrected chi connectivity index (χ4v) is 3.25. The highest BCUT2D eigenvalue weighted by Gasteiger charge is 2.51. The molecule has 0 bridgehead atoms. The van der Waals surface area contributed by atoms with Gasteiger partial charge in [0.05, 0.1) is 11.3 Å². The molecule has 1 aromatic heterocycles. The van der Waals surface area contributed by atoms with Gasteiger partial charge >= 0.3 is 18.2 Å². The van der Waals surface area contributed by atoms with Crippen molar-refractivity contribution in [1.82, 2.24) is 4.98 Å². The SMILES string of the molecule is O=C(Nc1ccc(-c2ccc(OCC3(C(=O)O)CC3)nc2)cc1)Nc1cc(C(F)(F)F)ccc1F. The summed E-state index contributed by atoms with van der Waals surface area (Å²) in [5, 5.41) is 13.7. The standard InChI is InChI=1S/C24H19F4N3O4/c25-18-7-4-16(24(26,27)28)11-19(18)31-22(34)30-17-5-1-14(2-6-17)15-3-8-20(29-12-15)35-13-23(9-10-23)21(32)33/h1-8,11-12H,9-10,13H2,(H,32,33)(H2,30,31,34). The number of alkyl halides is 3. The molecule has 1 heterocycles. The van der Waals surface area contributed by atoms with E-state index in [1.165, 1.54) is 0 Å². The van der Waals surface area contributed by atoms with Crippen LogP contribution in [0.3, 0.4) is 0 Å². The van der Waals surface area contributed by atoms with Crippen molar-refractivity contribution in [2.24, 2.45) is 5.41 Å². The van der Waals surface area contributed by atoms with Gasteiger partial charge in [0.2, 0.25) is 5.88 Å². The first-order valence-electron chi connectivity index (χ1n) is 10.4. The zero-order chi connectivity index (χ0) is 25.2. The number of nitrogens with zero attached hydrogens (tertiary/aromatic N) is 1. The van der Waals surface area contributed by atoms with Gasteiger partial charge in [0, 0.05) is 23.5 Å². The minimum Gasteiger partial charge on any atom is -0.481 e. The maximum absolute atomic E-state index is 13.8. The number of aromatic nitrogens is 1. The Morgan fingerprint density at radius 3 is 2.26 bits per heavy atom. The van der Waals surface area contributed by atoms with Crippen LogP contribution in [0.1, 0.15) is 18.4 Å². The van der Waals surface area contributed by atoms with E-state index >= 15 is 0 Å². The summed E-state index contributed by atoms with van der Waals surface area (Å²) in [7, 11) is 0. The molecule has 2 aromatic carbocycles. The molecule has 4 rings (SSSR count). The van der Waals surface area contributed by atoms with E-state index < -0.39 is 40.7 Å². The zero-order valence-corrected chi connectivity index (χ0v) is 18.0. The molecule has 1 aliphatic carbocycles. The van der Waals surface area contributed by atoms with E-state index in [2.05, 4.69) is 15.6 Å². The summed E-state index contributed by atoms with van der Waals surface area (Å²) >= 11 is 0. The molecule has 1 aliphatic rings. The summed E-state index contributed by atoms with van der Waals surface area (Å²) in [6, 6.07) is 10.7. The maximum atomic E-state index is 13.8. The molecule has 1 fully saturated rings. The monoisotopic (exact) mass is 489 g/mol. The van der Waals surface area contributed by atoms with Crippen molar-refractivity contribution >= 4 is 23.4 Å². The number of rotatable bonds is 7. The molecule has 0 atom stereocenters. The van der Waals surface area contributed by atoms with Crippen molar-refractivity contribution < 1.29 is 37.0 Å². The van der Waals surface area contributed by atoms with Crippen molar-refractivity contribution in [3.05, 3.63) is 72.2 Å². The van der Waals surface area contributed by atoms with E-state index in [0.29, 0.717) is 42.6 Å². The Labute approximate surface area is 196 Å². The molecule has 0 aliphatic heterocycles. The molecule has 0 spiro atoms. The molecule has 11 heteroatoms. The number of hydrogen-bond acceptors (Lipinski definition) is 4. The Bertz CT molecular complexity index is 1240. The van der Waals surface area contributed by atoms with Crippen LogP contribution in [0, 0.1) is 11.2 Å². The molecule has 0 saturated heterocycles. The lowest BCUT2D eigenvalue weighted by molar-refractivity contribution is -0.144. The van der Waals surface area contributed by atoms with Gasteiger partial charge in [0.1, 0.15) is 17.8 Å². The number of carboxylic acid groups (broad SMARTS) is 1. The number of amides is 2. The van der Waals surface area contributed by atoms with Gasteiger partial charge in [-0.1, -0.05) is 12.1 Å². The van der Waals surface area contributed by atoms with Crippen molar-refractivity contribution in [2.45, 2.75) is 19.0 Å². The number of hydrogen-bond donors (Lipinski definition) is 3. The van der Waals surface area contributed by atoms with Crippen molar-refractivity contribution in [3.8, 4) is 17.0 Å². The van der Waals surface area contributed by atoms with E-state index in [9.17, 15) is 32.3 Å². The summed E-state index contributed by atoms with van der Waals surface area (Å²) in [6.07, 6.45) is -1.96. The molecule has 0 radical (unpaired) electrons. The third-order valence-corrected chi connectivity index (χ3v) is 5.56. The predicted molar refractivity (Wildman–Crippen MR) is 119 cm³/mol. The van der Waals surface area contributed by atoms with E-state index in [4.69, 9.17) is 4.74 Å². The highest BCUT2D eigenvalue weighted by atomic mass is 19.4. The fourth-order valence-electron chi connectivity index (χ4n) is 3.25. The molecule has 2 amide bonds. The first-order valence-corrected chi connectivity index (χ1v) is 10.4. The van der Waals surface area contributed by atoms with E-state index in [0.717, 1.165) is 11.1 Å². The van der Waals surface area contributed by atoms with Crippen LogP contribution in [0.4, 0.5) is 33.7 Å². The Hall–Kier alpha value is -4.15. The summed E-state index contributed by atoms with van der Waals surface area (Å²) in [5.41, 5.74) is -0.685. The summed E-state index contributed by atoms with van der Waals surface area (Å²) < 4.78 is 57.8. The quantitative estimate of drug-likeness (QED) is 0.365. The Morgan fingerprint density at radius 1 is 1.00 bits per heavy atom. The Morgan fingerprint density at radius 2 is 1.69 bits per heavy atom. The van der Waals surface area contributed by atoms with E-state index in [1.807, 2.05) is 0 Å². The molecule has 1 saturated carbocycles. The fraction of sp³-hybridized carbons (Fsp3) is 0.208. The number of anilines is 2. The second kappa shape index (κ2) is 9.24. The molecular formula is C24H19F4N3O4. The molecule has 3 aromatic rings. The van der Waals surface area contributed by atoms with Crippen molar-refractivity contribution in [2.75, 3.05) is 17.2 Å². The normalized spacial score (nSPS) is 14.2. The predicted octanol–water partition coefficient (Wildman–Crippen LogP) is 5.79. The lowest BCUT2D eigenvalue weighted by Gasteiger charge is -2.12. The number of ether oxygens (including phenoxy) is 1. The summed E-state index contributed by atoms with van der Waals surface area (Å²) in [6.45, 7) is 0.0571. The molecule has 35 heavy (non-hydrogen) atoms. The number of halogens is 4. The number of nitrogens with one attached hydrogen (secondary N) is 2. The largest absolute Gasteiger partial charge is 0.481 e. The van der Waals surface area contributed by atoms with Gasteiger partial charge in [-0.2, -0.15) is 13.2 Å². The van der Waals surface area contributed by atoms with Gasteiger partial charge in [0.15, 0.2) is 0 Å². The lowest BCUT2D eigenvalue weighted by atomic mass is 10.1. The first kappa shape index (κ1) is 24.0. The second-order valence-electron chi connectivity index (χ2n) is 8.11. The molecular weight excluding hydrogens is 470 g/mol. The summed E-state index contributed by atoms with van der Waals surface area (Å²) in [4.78, 5) is 27.5. The average Bonchev–Trinajstić information content (AvgIpc) is 3.61. The van der Waals surface area contributed by atoms with Gasteiger partial charge < -0.3 is 20.5 Å². The summed E-state index contributed by atoms with van der Waals surface area (Å²) in [5.74, 6) is -1.58. The van der Waals surface area contributed by atoms with Crippen LogP contribution in [-0.2, 0) is 11.0 Å². The topological polar surface area (TPSA) is 101 Å². The number of benzene rings is 2. The van der Waals surface area contributed by atoms with Gasteiger partial charge in [-0.3, -0.25) is 4.79 Å². The number of carboxylic acids is 1. The minimum atomic E-state index is -4.67. The van der Waals surface area contributed by atoms with Crippen LogP contribution >= 0.6 is 0 Å². The van der Waals surface area contributed by atoms with Gasteiger partial charge in [0.25, 0.3) is 0 Å². The zero-order valence-electron chi connectivity index (χ0n) is 18.0. The van der Waals surface area contributed by atoms with Crippen LogP contribution in [0.2, 0.25) is 0 Å². The molecule has 3 N–H and O–H groups in total. The van der Waals surface area contributed by atoms with Crippen LogP contribution in [-0.4, -0.2) is 28.7 Å². The van der Waals surface area contributed by atoms with E-state index in [-0.39, 0.29) is 6.61 Å². The van der Waals surface area contributed by atoms with Gasteiger partial charge in [-0.15, -0.1) is 0 Å². The van der Waals surface area contributed by atoms with Crippen molar-refractivity contribution in [3.63, 3.8) is 0 Å². The number of urea groups is 1. The van der Waals surface area contributed by atoms with E-state index in [1.54, 1.807) is 42.6 Å². The molecule has 7 nitrogen and oxygen atoms in total. The lowest BCUT2D eigenvalue weighted by Crippen LogP contribution is -2.23. The highest BCUT2D eigenvalue weighted by molar-refractivity contribution is 6.00. The van der Waals surface area contributed by atoms with Gasteiger partial charge in [-0.05, 0) is 54.8 Å². The Kier molecular flexibility index (Phi) is 6.33. The van der Waals surface area contributed by atoms with Gasteiger partial charge in [-0.25, -0.2) is 14.2 Å². The van der Waals surface area contributed by atoms with Crippen LogP contribution in [0.5, 0.6) is 5.88 Å². The number of pyridine rings is 1. The number of carbonyl (C=O) groups excluding carboxylic acids is 1. The minimum absolute atomic E-state index is 0.0571. The van der Waals surface area contributed by atoms with Crippen LogP contribution < -0.4 is 15.4 Å². The number of carbonyl (C=O) groups is 2. The smallest absolute Gasteiger partial charge is 0.416 e. The van der Waals surface area contributed by atoms with Crippen molar-refractivity contribution in [1.29, 1.82) is 0 Å². The third kappa shape index (κ3) is 5.68. The maximum Gasteiger partial charge on any atom is 0.416 e.